The van der Waals surface area contributed by atoms with Crippen molar-refractivity contribution >= 4 is 17.4 Å². The maximum absolute atomic E-state index is 13.1. The lowest BCUT2D eigenvalue weighted by Gasteiger charge is -2.09. The van der Waals surface area contributed by atoms with Crippen molar-refractivity contribution < 1.29 is 18.7 Å². The van der Waals surface area contributed by atoms with Crippen molar-refractivity contribution in [2.24, 2.45) is 0 Å². The number of nitrogens with one attached hydrogen (secondary N) is 2. The third-order valence-corrected chi connectivity index (χ3v) is 5.09. The van der Waals surface area contributed by atoms with Gasteiger partial charge in [-0.05, 0) is 72.3 Å². The molecule has 0 spiro atoms. The van der Waals surface area contributed by atoms with Crippen LogP contribution in [-0.4, -0.2) is 22.9 Å². The summed E-state index contributed by atoms with van der Waals surface area (Å²) in [5.74, 6) is 1.41. The first-order valence-corrected chi connectivity index (χ1v) is 10.3. The zero-order valence-electron chi connectivity index (χ0n) is 17.4. The topological polar surface area (TPSA) is 85.4 Å². The minimum Gasteiger partial charge on any atom is -0.454 e. The van der Waals surface area contributed by atoms with Crippen LogP contribution < -0.4 is 20.1 Å². The second kappa shape index (κ2) is 8.96. The predicted molar refractivity (Wildman–Crippen MR) is 121 cm³/mol. The Labute approximate surface area is 189 Å². The lowest BCUT2D eigenvalue weighted by molar-refractivity contribution is 0.0951. The van der Waals surface area contributed by atoms with Gasteiger partial charge in [-0.3, -0.25) is 4.79 Å². The van der Waals surface area contributed by atoms with Gasteiger partial charge < -0.3 is 20.1 Å². The van der Waals surface area contributed by atoms with Crippen molar-refractivity contribution in [1.82, 2.24) is 15.5 Å². The van der Waals surface area contributed by atoms with Crippen molar-refractivity contribution in [2.45, 2.75) is 6.54 Å². The Hall–Kier alpha value is -4.46. The van der Waals surface area contributed by atoms with E-state index in [4.69, 9.17) is 9.47 Å². The van der Waals surface area contributed by atoms with E-state index in [1.54, 1.807) is 42.5 Å². The Morgan fingerprint density at radius 2 is 1.76 bits per heavy atom. The molecule has 0 aliphatic carbocycles. The minimum atomic E-state index is -0.301. The second-order valence-electron chi connectivity index (χ2n) is 7.39. The van der Waals surface area contributed by atoms with Crippen LogP contribution in [0.4, 0.5) is 15.9 Å². The van der Waals surface area contributed by atoms with Gasteiger partial charge in [0, 0.05) is 23.4 Å². The van der Waals surface area contributed by atoms with Crippen molar-refractivity contribution in [3.8, 4) is 22.8 Å². The summed E-state index contributed by atoms with van der Waals surface area (Å²) in [4.78, 5) is 12.6. The van der Waals surface area contributed by atoms with Crippen LogP contribution in [0.15, 0.2) is 78.9 Å². The Morgan fingerprint density at radius 1 is 0.909 bits per heavy atom. The van der Waals surface area contributed by atoms with Gasteiger partial charge in [-0.1, -0.05) is 12.1 Å². The molecule has 0 saturated heterocycles. The van der Waals surface area contributed by atoms with E-state index in [0.29, 0.717) is 40.8 Å². The van der Waals surface area contributed by atoms with Gasteiger partial charge in [-0.25, -0.2) is 4.39 Å². The standard InChI is InChI=1S/C25H19FN4O3/c26-19-7-5-17(6-8-19)21-9-11-24(30-29-21)28-20-3-1-2-18(13-20)25(31)27-14-16-4-10-22-23(12-16)33-15-32-22/h1-13H,14-15H2,(H,27,31)(H,28,30). The van der Waals surface area contributed by atoms with Gasteiger partial charge in [-0.15, -0.1) is 10.2 Å². The first-order valence-electron chi connectivity index (χ1n) is 10.3. The first kappa shape index (κ1) is 20.4. The molecule has 2 heterocycles. The van der Waals surface area contributed by atoms with Crippen LogP contribution in [-0.2, 0) is 6.54 Å². The molecule has 0 fully saturated rings. The van der Waals surface area contributed by atoms with Gasteiger partial charge in [-0.2, -0.15) is 0 Å². The van der Waals surface area contributed by atoms with Gasteiger partial charge in [0.2, 0.25) is 6.79 Å². The molecule has 4 aromatic rings. The molecule has 1 aliphatic heterocycles. The molecule has 5 rings (SSSR count). The fraction of sp³-hybridized carbons (Fsp3) is 0.0800. The van der Waals surface area contributed by atoms with E-state index in [1.165, 1.54) is 12.1 Å². The third kappa shape index (κ3) is 4.74. The second-order valence-corrected chi connectivity index (χ2v) is 7.39. The normalized spacial score (nSPS) is 11.8. The lowest BCUT2D eigenvalue weighted by atomic mass is 10.1. The summed E-state index contributed by atoms with van der Waals surface area (Å²) in [6, 6.07) is 22.3. The van der Waals surface area contributed by atoms with E-state index in [2.05, 4.69) is 20.8 Å². The lowest BCUT2D eigenvalue weighted by Crippen LogP contribution is -2.22. The molecule has 0 unspecified atom stereocenters. The Bertz CT molecular complexity index is 1290. The van der Waals surface area contributed by atoms with Crippen LogP contribution >= 0.6 is 0 Å². The molecule has 1 amide bonds. The molecule has 2 N–H and O–H groups in total. The summed E-state index contributed by atoms with van der Waals surface area (Å²) in [7, 11) is 0. The van der Waals surface area contributed by atoms with Gasteiger partial charge >= 0.3 is 0 Å². The van der Waals surface area contributed by atoms with Crippen LogP contribution in [0.25, 0.3) is 11.3 Å². The number of carbonyl (C=O) groups is 1. The SMILES string of the molecule is O=C(NCc1ccc2c(c1)OCO2)c1cccc(Nc2ccc(-c3ccc(F)cc3)nn2)c1. The number of aromatic nitrogens is 2. The van der Waals surface area contributed by atoms with Crippen LogP contribution in [0.3, 0.4) is 0 Å². The number of carbonyl (C=O) groups excluding carboxylic acids is 1. The molecule has 0 bridgehead atoms. The smallest absolute Gasteiger partial charge is 0.251 e. The molecule has 0 saturated carbocycles. The van der Waals surface area contributed by atoms with E-state index in [0.717, 1.165) is 11.1 Å². The molecular formula is C25H19FN4O3. The fourth-order valence-corrected chi connectivity index (χ4v) is 3.39. The molecule has 0 radical (unpaired) electrons. The number of rotatable bonds is 6. The number of ether oxygens (including phenoxy) is 2. The number of nitrogens with zero attached hydrogens (tertiary/aromatic N) is 2. The summed E-state index contributed by atoms with van der Waals surface area (Å²) >= 11 is 0. The highest BCUT2D eigenvalue weighted by molar-refractivity contribution is 5.95. The maximum Gasteiger partial charge on any atom is 0.251 e. The molecule has 1 aliphatic rings. The molecule has 8 heteroatoms. The Morgan fingerprint density at radius 3 is 2.58 bits per heavy atom. The molecule has 0 atom stereocenters. The minimum absolute atomic E-state index is 0.200. The van der Waals surface area contributed by atoms with E-state index in [1.807, 2.05) is 24.3 Å². The number of hydrogen-bond donors (Lipinski definition) is 2. The van der Waals surface area contributed by atoms with E-state index in [9.17, 15) is 9.18 Å². The average Bonchev–Trinajstić information content (AvgIpc) is 3.32. The van der Waals surface area contributed by atoms with Crippen molar-refractivity contribution in [3.05, 3.63) is 95.8 Å². The quantitative estimate of drug-likeness (QED) is 0.451. The van der Waals surface area contributed by atoms with Crippen molar-refractivity contribution in [2.75, 3.05) is 12.1 Å². The molecule has 7 nitrogen and oxygen atoms in total. The summed E-state index contributed by atoms with van der Waals surface area (Å²) in [5, 5.41) is 14.4. The molecule has 164 valence electrons. The fourth-order valence-electron chi connectivity index (χ4n) is 3.39. The number of amides is 1. The van der Waals surface area contributed by atoms with Crippen molar-refractivity contribution in [1.29, 1.82) is 0 Å². The molecule has 1 aromatic heterocycles. The van der Waals surface area contributed by atoms with Gasteiger partial charge in [0.15, 0.2) is 17.3 Å². The largest absolute Gasteiger partial charge is 0.454 e. The first-order chi connectivity index (χ1) is 16.1. The van der Waals surface area contributed by atoms with Crippen LogP contribution in [0.1, 0.15) is 15.9 Å². The summed E-state index contributed by atoms with van der Waals surface area (Å²) in [5.41, 5.74) is 3.54. The number of anilines is 2. The number of hydrogen-bond acceptors (Lipinski definition) is 6. The van der Waals surface area contributed by atoms with Gasteiger partial charge in [0.25, 0.3) is 5.91 Å². The Kier molecular flexibility index (Phi) is 5.55. The van der Waals surface area contributed by atoms with E-state index >= 15 is 0 Å². The highest BCUT2D eigenvalue weighted by atomic mass is 19.1. The monoisotopic (exact) mass is 442 g/mol. The molecule has 33 heavy (non-hydrogen) atoms. The maximum atomic E-state index is 13.1. The highest BCUT2D eigenvalue weighted by Gasteiger charge is 2.14. The van der Waals surface area contributed by atoms with Crippen molar-refractivity contribution in [3.63, 3.8) is 0 Å². The molecular weight excluding hydrogens is 423 g/mol. The summed E-state index contributed by atoms with van der Waals surface area (Å²) < 4.78 is 23.8. The van der Waals surface area contributed by atoms with Gasteiger partial charge in [0.1, 0.15) is 5.82 Å². The predicted octanol–water partition coefficient (Wildman–Crippen LogP) is 4.69. The zero-order chi connectivity index (χ0) is 22.6. The summed E-state index contributed by atoms with van der Waals surface area (Å²) in [6.07, 6.45) is 0. The zero-order valence-corrected chi connectivity index (χ0v) is 17.4. The van der Waals surface area contributed by atoms with Crippen LogP contribution in [0.5, 0.6) is 11.5 Å². The Balaban J connectivity index is 1.22. The summed E-state index contributed by atoms with van der Waals surface area (Å²) in [6.45, 7) is 0.577. The van der Waals surface area contributed by atoms with Gasteiger partial charge in [0.05, 0.1) is 5.69 Å². The van der Waals surface area contributed by atoms with E-state index < -0.39 is 0 Å². The molecule has 3 aromatic carbocycles. The number of halogens is 1. The van der Waals surface area contributed by atoms with E-state index in [-0.39, 0.29) is 18.5 Å². The van der Waals surface area contributed by atoms with Crippen LogP contribution in [0.2, 0.25) is 0 Å². The average molecular weight is 442 g/mol. The number of fused-ring (bicyclic) bond motifs is 1. The third-order valence-electron chi connectivity index (χ3n) is 5.09. The highest BCUT2D eigenvalue weighted by Crippen LogP contribution is 2.32. The van der Waals surface area contributed by atoms with Crippen LogP contribution in [0, 0.1) is 5.82 Å². The number of benzene rings is 3.